The van der Waals surface area contributed by atoms with Crippen LogP contribution in [0.15, 0.2) is 42.6 Å². The predicted octanol–water partition coefficient (Wildman–Crippen LogP) is 3.11. The number of nitrogens with two attached hydrogens (primary N) is 1. The molecule has 31 heavy (non-hydrogen) atoms. The Morgan fingerprint density at radius 3 is 2.45 bits per heavy atom. The number of benzene rings is 1. The lowest BCUT2D eigenvalue weighted by Crippen LogP contribution is -2.38. The maximum absolute atomic E-state index is 13.0. The van der Waals surface area contributed by atoms with E-state index in [0.29, 0.717) is 24.3 Å². The van der Waals surface area contributed by atoms with Gasteiger partial charge >= 0.3 is 0 Å². The van der Waals surface area contributed by atoms with Crippen LogP contribution in [0.5, 0.6) is 0 Å². The number of aromatic nitrogens is 3. The summed E-state index contributed by atoms with van der Waals surface area (Å²) in [4.78, 5) is 31.4. The van der Waals surface area contributed by atoms with Crippen molar-refractivity contribution in [3.8, 4) is 0 Å². The van der Waals surface area contributed by atoms with Crippen molar-refractivity contribution in [3.05, 3.63) is 70.9 Å². The summed E-state index contributed by atoms with van der Waals surface area (Å²) >= 11 is 0. The van der Waals surface area contributed by atoms with Crippen molar-refractivity contribution in [2.75, 3.05) is 24.1 Å². The highest BCUT2D eigenvalue weighted by atomic mass is 19.1. The molecule has 8 nitrogen and oxygen atoms in total. The topological polar surface area (TPSA) is 117 Å². The lowest BCUT2D eigenvalue weighted by Gasteiger charge is -2.31. The summed E-state index contributed by atoms with van der Waals surface area (Å²) in [7, 11) is 0. The minimum Gasteiger partial charge on any atom is -0.383 e. The van der Waals surface area contributed by atoms with Gasteiger partial charge in [0.2, 0.25) is 0 Å². The van der Waals surface area contributed by atoms with Crippen LogP contribution in [0.1, 0.15) is 50.9 Å². The van der Waals surface area contributed by atoms with E-state index in [-0.39, 0.29) is 29.0 Å². The van der Waals surface area contributed by atoms with Crippen LogP contribution in [0, 0.1) is 12.7 Å². The molecule has 1 fully saturated rings. The number of nitrogen functional groups attached to an aromatic ring is 1. The standard InChI is InChI=1S/C22H23FN6O2/c1-13-18(12-25-28-13)22(31)29-10-8-14(9-11-29)19-7-6-17(20(24)27-19)21(30)26-16-4-2-15(23)3-5-16/h2-7,12,14H,8-11H2,1H3,(H2,24,27)(H,25,28)(H,26,30). The number of nitrogens with one attached hydrogen (secondary N) is 2. The number of hydrogen-bond acceptors (Lipinski definition) is 5. The summed E-state index contributed by atoms with van der Waals surface area (Å²) in [6.45, 7) is 3.05. The number of H-pyrrole nitrogens is 1. The molecule has 0 radical (unpaired) electrons. The number of halogens is 1. The number of likely N-dealkylation sites (tertiary alicyclic amines) is 1. The van der Waals surface area contributed by atoms with Gasteiger partial charge in [-0.15, -0.1) is 0 Å². The molecular weight excluding hydrogens is 399 g/mol. The van der Waals surface area contributed by atoms with Crippen LogP contribution >= 0.6 is 0 Å². The lowest BCUT2D eigenvalue weighted by atomic mass is 9.92. The molecule has 0 aliphatic carbocycles. The van der Waals surface area contributed by atoms with E-state index in [4.69, 9.17) is 5.73 Å². The van der Waals surface area contributed by atoms with Gasteiger partial charge in [0, 0.05) is 36.1 Å². The SMILES string of the molecule is Cc1[nH]ncc1C(=O)N1CCC(c2ccc(C(=O)Nc3ccc(F)cc3)c(N)n2)CC1. The number of piperidine rings is 1. The Kier molecular flexibility index (Phi) is 5.66. The highest BCUT2D eigenvalue weighted by Crippen LogP contribution is 2.29. The molecule has 1 saturated heterocycles. The molecule has 3 aromatic rings. The molecule has 9 heteroatoms. The normalized spacial score (nSPS) is 14.5. The molecular formula is C22H23FN6O2. The van der Waals surface area contributed by atoms with E-state index in [2.05, 4.69) is 20.5 Å². The molecule has 2 amide bonds. The molecule has 160 valence electrons. The van der Waals surface area contributed by atoms with Gasteiger partial charge in [0.15, 0.2) is 0 Å². The van der Waals surface area contributed by atoms with Gasteiger partial charge in [-0.05, 0) is 56.2 Å². The minimum absolute atomic E-state index is 0.0232. The van der Waals surface area contributed by atoms with E-state index in [1.54, 1.807) is 18.3 Å². The van der Waals surface area contributed by atoms with Gasteiger partial charge < -0.3 is 16.0 Å². The van der Waals surface area contributed by atoms with Crippen LogP contribution in [0.3, 0.4) is 0 Å². The van der Waals surface area contributed by atoms with Gasteiger partial charge in [-0.25, -0.2) is 9.37 Å². The van der Waals surface area contributed by atoms with Crippen molar-refractivity contribution < 1.29 is 14.0 Å². The number of aromatic amines is 1. The average Bonchev–Trinajstić information content (AvgIpc) is 3.20. The van der Waals surface area contributed by atoms with Crippen molar-refractivity contribution >= 4 is 23.3 Å². The maximum atomic E-state index is 13.0. The molecule has 1 aliphatic heterocycles. The summed E-state index contributed by atoms with van der Waals surface area (Å²) in [5.41, 5.74) is 8.95. The molecule has 0 bridgehead atoms. The number of hydrogen-bond donors (Lipinski definition) is 3. The number of amides is 2. The first-order valence-corrected chi connectivity index (χ1v) is 10.0. The third-order valence-corrected chi connectivity index (χ3v) is 5.55. The number of carbonyl (C=O) groups excluding carboxylic acids is 2. The summed E-state index contributed by atoms with van der Waals surface area (Å²) in [5.74, 6) is -0.504. The third-order valence-electron chi connectivity index (χ3n) is 5.55. The molecule has 2 aromatic heterocycles. The summed E-state index contributed by atoms with van der Waals surface area (Å²) < 4.78 is 13.0. The van der Waals surface area contributed by atoms with Crippen LogP contribution in [-0.2, 0) is 0 Å². The van der Waals surface area contributed by atoms with Crippen LogP contribution in [0.25, 0.3) is 0 Å². The first kappa shape index (κ1) is 20.5. The Morgan fingerprint density at radius 2 is 1.84 bits per heavy atom. The number of carbonyl (C=O) groups is 2. The fourth-order valence-corrected chi connectivity index (χ4v) is 3.76. The Morgan fingerprint density at radius 1 is 1.13 bits per heavy atom. The van der Waals surface area contributed by atoms with E-state index < -0.39 is 5.91 Å². The summed E-state index contributed by atoms with van der Waals surface area (Å²) in [5, 5.41) is 9.39. The van der Waals surface area contributed by atoms with E-state index in [0.717, 1.165) is 24.2 Å². The number of nitrogens with zero attached hydrogens (tertiary/aromatic N) is 3. The van der Waals surface area contributed by atoms with Crippen molar-refractivity contribution in [1.29, 1.82) is 0 Å². The van der Waals surface area contributed by atoms with E-state index >= 15 is 0 Å². The van der Waals surface area contributed by atoms with Crippen molar-refractivity contribution in [3.63, 3.8) is 0 Å². The van der Waals surface area contributed by atoms with Crippen LogP contribution in [0.4, 0.5) is 15.9 Å². The van der Waals surface area contributed by atoms with Crippen LogP contribution in [-0.4, -0.2) is 45.0 Å². The maximum Gasteiger partial charge on any atom is 0.259 e. The highest BCUT2D eigenvalue weighted by molar-refractivity contribution is 6.07. The van der Waals surface area contributed by atoms with Crippen LogP contribution in [0.2, 0.25) is 0 Å². The van der Waals surface area contributed by atoms with Crippen molar-refractivity contribution in [2.24, 2.45) is 0 Å². The Bertz CT molecular complexity index is 1100. The van der Waals surface area contributed by atoms with Crippen LogP contribution < -0.4 is 11.1 Å². The van der Waals surface area contributed by atoms with Gasteiger partial charge in [-0.3, -0.25) is 14.7 Å². The van der Waals surface area contributed by atoms with Gasteiger partial charge in [-0.2, -0.15) is 5.10 Å². The van der Waals surface area contributed by atoms with Gasteiger partial charge in [0.1, 0.15) is 11.6 Å². The monoisotopic (exact) mass is 422 g/mol. The zero-order valence-corrected chi connectivity index (χ0v) is 17.1. The fourth-order valence-electron chi connectivity index (χ4n) is 3.76. The molecule has 0 unspecified atom stereocenters. The fraction of sp³-hybridized carbons (Fsp3) is 0.273. The van der Waals surface area contributed by atoms with E-state index in [9.17, 15) is 14.0 Å². The second kappa shape index (κ2) is 8.55. The van der Waals surface area contributed by atoms with Crippen molar-refractivity contribution in [2.45, 2.75) is 25.7 Å². The zero-order valence-electron chi connectivity index (χ0n) is 17.1. The largest absolute Gasteiger partial charge is 0.383 e. The number of pyridine rings is 1. The molecule has 0 saturated carbocycles. The minimum atomic E-state index is -0.404. The Labute approximate surface area is 178 Å². The molecule has 0 spiro atoms. The second-order valence-corrected chi connectivity index (χ2v) is 7.61. The average molecular weight is 422 g/mol. The predicted molar refractivity (Wildman–Crippen MR) is 114 cm³/mol. The van der Waals surface area contributed by atoms with Crippen molar-refractivity contribution in [1.82, 2.24) is 20.1 Å². The number of rotatable bonds is 4. The van der Waals surface area contributed by atoms with E-state index in [1.807, 2.05) is 11.8 Å². The quantitative estimate of drug-likeness (QED) is 0.597. The lowest BCUT2D eigenvalue weighted by molar-refractivity contribution is 0.0711. The first-order valence-electron chi connectivity index (χ1n) is 10.0. The Hall–Kier alpha value is -3.75. The van der Waals surface area contributed by atoms with Gasteiger partial charge in [0.05, 0.1) is 17.3 Å². The molecule has 1 aromatic carbocycles. The molecule has 1 aliphatic rings. The van der Waals surface area contributed by atoms with Gasteiger partial charge in [-0.1, -0.05) is 0 Å². The first-order chi connectivity index (χ1) is 14.9. The highest BCUT2D eigenvalue weighted by Gasteiger charge is 2.27. The Balaban J connectivity index is 1.39. The van der Waals surface area contributed by atoms with E-state index in [1.165, 1.54) is 24.3 Å². The molecule has 0 atom stereocenters. The smallest absolute Gasteiger partial charge is 0.259 e. The van der Waals surface area contributed by atoms with Gasteiger partial charge in [0.25, 0.3) is 11.8 Å². The molecule has 4 N–H and O–H groups in total. The second-order valence-electron chi connectivity index (χ2n) is 7.61. The molecule has 4 rings (SSSR count). The number of anilines is 2. The number of aryl methyl sites for hydroxylation is 1. The third kappa shape index (κ3) is 4.40. The molecule has 3 heterocycles. The summed E-state index contributed by atoms with van der Waals surface area (Å²) in [6.07, 6.45) is 3.08. The zero-order chi connectivity index (χ0) is 22.0. The summed E-state index contributed by atoms with van der Waals surface area (Å²) in [6, 6.07) is 8.95.